The largest absolute Gasteiger partial charge is 0.359 e. The van der Waals surface area contributed by atoms with Crippen molar-refractivity contribution in [3.63, 3.8) is 0 Å². The summed E-state index contributed by atoms with van der Waals surface area (Å²) < 4.78 is 1.68. The number of rotatable bonds is 8. The van der Waals surface area contributed by atoms with Crippen molar-refractivity contribution in [3.05, 3.63) is 36.1 Å². The van der Waals surface area contributed by atoms with Crippen molar-refractivity contribution >= 4 is 30.3 Å². The maximum atomic E-state index is 11.4. The number of aryl methyl sites for hydroxylation is 1. The predicted molar refractivity (Wildman–Crippen MR) is 89.2 cm³/mol. The summed E-state index contributed by atoms with van der Waals surface area (Å²) in [5, 5.41) is 6.90. The Labute approximate surface area is 130 Å². The minimum atomic E-state index is -0.134. The molecule has 1 aromatic heterocycles. The third-order valence-corrected chi connectivity index (χ3v) is 3.26. The molecule has 1 heterocycles. The van der Waals surface area contributed by atoms with E-state index in [2.05, 4.69) is 23.6 Å². The first-order valence-corrected chi connectivity index (χ1v) is 6.91. The van der Waals surface area contributed by atoms with Crippen LogP contribution in [0, 0.1) is 0 Å². The molecule has 0 spiro atoms. The molecule has 0 radical (unpaired) electrons. The number of carbonyl (C=O) groups excluding carboxylic acids is 2. The van der Waals surface area contributed by atoms with Gasteiger partial charge in [0.2, 0.25) is 12.3 Å². The fraction of sp³-hybridized carbons (Fsp3) is 0.312. The molecule has 1 aromatic rings. The van der Waals surface area contributed by atoms with Crippen molar-refractivity contribution in [2.45, 2.75) is 13.3 Å². The van der Waals surface area contributed by atoms with Gasteiger partial charge in [-0.05, 0) is 18.6 Å². The molecule has 0 aliphatic carbocycles. The summed E-state index contributed by atoms with van der Waals surface area (Å²) >= 11 is 0. The van der Waals surface area contributed by atoms with Crippen molar-refractivity contribution in [2.24, 2.45) is 7.05 Å². The molecule has 1 rings (SSSR count). The van der Waals surface area contributed by atoms with Gasteiger partial charge in [-0.2, -0.15) is 5.10 Å². The Balaban J connectivity index is 3.20. The minimum absolute atomic E-state index is 0.134. The van der Waals surface area contributed by atoms with Gasteiger partial charge in [-0.3, -0.25) is 19.2 Å². The van der Waals surface area contributed by atoms with Gasteiger partial charge in [0.1, 0.15) is 0 Å². The van der Waals surface area contributed by atoms with Gasteiger partial charge in [0.15, 0.2) is 5.82 Å². The second-order valence-corrected chi connectivity index (χ2v) is 4.76. The van der Waals surface area contributed by atoms with Crippen molar-refractivity contribution in [3.8, 4) is 0 Å². The summed E-state index contributed by atoms with van der Waals surface area (Å²) in [4.78, 5) is 24.1. The zero-order valence-corrected chi connectivity index (χ0v) is 13.3. The van der Waals surface area contributed by atoms with Crippen LogP contribution in [0.15, 0.2) is 24.8 Å². The zero-order valence-electron chi connectivity index (χ0n) is 13.3. The van der Waals surface area contributed by atoms with Gasteiger partial charge in [0, 0.05) is 32.6 Å². The second-order valence-electron chi connectivity index (χ2n) is 4.76. The monoisotopic (exact) mass is 302 g/mol. The van der Waals surface area contributed by atoms with Crippen LogP contribution in [0.2, 0.25) is 0 Å². The Morgan fingerprint density at radius 2 is 2.14 bits per heavy atom. The number of amides is 2. The molecule has 0 aliphatic heterocycles. The van der Waals surface area contributed by atoms with Gasteiger partial charge in [-0.1, -0.05) is 25.3 Å². The van der Waals surface area contributed by atoms with Crippen molar-refractivity contribution in [1.82, 2.24) is 15.1 Å². The summed E-state index contributed by atoms with van der Waals surface area (Å²) in [6.07, 6.45) is 6.19. The van der Waals surface area contributed by atoms with Crippen LogP contribution in [0.3, 0.4) is 0 Å². The first kappa shape index (κ1) is 17.4. The summed E-state index contributed by atoms with van der Waals surface area (Å²) in [7, 11) is 3.35. The molecule has 0 unspecified atom stereocenters. The normalized spacial score (nSPS) is 11.0. The minimum Gasteiger partial charge on any atom is -0.359 e. The average Bonchev–Trinajstić information content (AvgIpc) is 2.83. The van der Waals surface area contributed by atoms with Crippen LogP contribution < -0.4 is 10.2 Å². The van der Waals surface area contributed by atoms with Crippen molar-refractivity contribution in [1.29, 1.82) is 0 Å². The van der Waals surface area contributed by atoms with E-state index >= 15 is 0 Å². The molecule has 118 valence electrons. The highest BCUT2D eigenvalue weighted by Gasteiger charge is 2.18. The van der Waals surface area contributed by atoms with Crippen molar-refractivity contribution < 1.29 is 9.59 Å². The van der Waals surface area contributed by atoms with Crippen LogP contribution in [-0.2, 0) is 16.6 Å². The fourth-order valence-corrected chi connectivity index (χ4v) is 1.95. The molecule has 1 N–H and O–H groups in total. The Kier molecular flexibility index (Phi) is 6.31. The molecule has 22 heavy (non-hydrogen) atoms. The molecule has 2 amide bonds. The smallest absolute Gasteiger partial charge is 0.221 e. The standard InChI is InChI=1S/C16H22N4O2/c1-6-12(3)10-14-13(7-2)16(18-19(14)5)20(11-21)9-8-15(22)17-4/h6-7,10-11H,1-2,8-9H2,3-5H3,(H,17,22)/b12-10-. The van der Waals surface area contributed by atoms with Gasteiger partial charge in [-0.25, -0.2) is 0 Å². The summed E-state index contributed by atoms with van der Waals surface area (Å²) in [6, 6.07) is 0. The topological polar surface area (TPSA) is 67.2 Å². The average molecular weight is 302 g/mol. The van der Waals surface area contributed by atoms with Crippen LogP contribution in [0.1, 0.15) is 24.6 Å². The van der Waals surface area contributed by atoms with E-state index in [9.17, 15) is 9.59 Å². The summed E-state index contributed by atoms with van der Waals surface area (Å²) in [6.45, 7) is 9.70. The van der Waals surface area contributed by atoms with E-state index in [4.69, 9.17) is 0 Å². The van der Waals surface area contributed by atoms with E-state index in [-0.39, 0.29) is 18.9 Å². The molecule has 0 saturated carbocycles. The quantitative estimate of drug-likeness (QED) is 0.587. The van der Waals surface area contributed by atoms with Crippen LogP contribution in [0.25, 0.3) is 12.2 Å². The molecule has 0 saturated heterocycles. The molecular weight excluding hydrogens is 280 g/mol. The van der Waals surface area contributed by atoms with E-state index in [0.29, 0.717) is 12.2 Å². The number of carbonyl (C=O) groups is 2. The summed E-state index contributed by atoms with van der Waals surface area (Å²) in [5.41, 5.74) is 2.54. The number of nitrogens with one attached hydrogen (secondary N) is 1. The third kappa shape index (κ3) is 3.94. The number of allylic oxidation sites excluding steroid dienone is 2. The molecule has 0 aliphatic rings. The number of nitrogens with zero attached hydrogens (tertiary/aromatic N) is 3. The van der Waals surface area contributed by atoms with Crippen molar-refractivity contribution in [2.75, 3.05) is 18.5 Å². The summed E-state index contributed by atoms with van der Waals surface area (Å²) in [5.74, 6) is 0.352. The molecule has 0 fully saturated rings. The molecule has 6 nitrogen and oxygen atoms in total. The lowest BCUT2D eigenvalue weighted by atomic mass is 10.1. The molecule has 6 heteroatoms. The van der Waals surface area contributed by atoms with Crippen LogP contribution in [-0.4, -0.2) is 35.7 Å². The Morgan fingerprint density at radius 1 is 1.45 bits per heavy atom. The number of hydrogen-bond donors (Lipinski definition) is 1. The number of hydrogen-bond acceptors (Lipinski definition) is 3. The Bertz CT molecular complexity index is 614. The number of anilines is 1. The lowest BCUT2D eigenvalue weighted by Crippen LogP contribution is -2.29. The maximum absolute atomic E-state index is 11.4. The van der Waals surface area contributed by atoms with E-state index in [1.54, 1.807) is 30.9 Å². The zero-order chi connectivity index (χ0) is 16.7. The van der Waals surface area contributed by atoms with Crippen LogP contribution in [0.5, 0.6) is 0 Å². The molecule has 0 bridgehead atoms. The Morgan fingerprint density at radius 3 is 2.64 bits per heavy atom. The van der Waals surface area contributed by atoms with E-state index in [1.807, 2.05) is 13.0 Å². The molecule has 0 atom stereocenters. The van der Waals surface area contributed by atoms with E-state index in [1.165, 1.54) is 4.90 Å². The SMILES string of the molecule is C=C/C(C)=C\c1c(C=C)c(N(C=O)CCC(=O)NC)nn1C. The van der Waals surface area contributed by atoms with Crippen LogP contribution >= 0.6 is 0 Å². The lowest BCUT2D eigenvalue weighted by molar-refractivity contribution is -0.120. The lowest BCUT2D eigenvalue weighted by Gasteiger charge is -2.14. The maximum Gasteiger partial charge on any atom is 0.221 e. The molecular formula is C16H22N4O2. The van der Waals surface area contributed by atoms with Gasteiger partial charge in [-0.15, -0.1) is 0 Å². The highest BCUT2D eigenvalue weighted by atomic mass is 16.2. The Hall–Kier alpha value is -2.63. The van der Waals surface area contributed by atoms with Gasteiger partial charge < -0.3 is 5.32 Å². The predicted octanol–water partition coefficient (Wildman–Crippen LogP) is 1.75. The van der Waals surface area contributed by atoms with Gasteiger partial charge in [0.05, 0.1) is 5.69 Å². The molecule has 0 aromatic carbocycles. The number of aromatic nitrogens is 2. The van der Waals surface area contributed by atoms with E-state index < -0.39 is 0 Å². The highest BCUT2D eigenvalue weighted by Crippen LogP contribution is 2.25. The van der Waals surface area contributed by atoms with Crippen LogP contribution in [0.4, 0.5) is 5.82 Å². The van der Waals surface area contributed by atoms with E-state index in [0.717, 1.165) is 16.8 Å². The highest BCUT2D eigenvalue weighted by molar-refractivity contribution is 5.84. The third-order valence-electron chi connectivity index (χ3n) is 3.26. The first-order valence-electron chi connectivity index (χ1n) is 6.91. The van der Waals surface area contributed by atoms with Gasteiger partial charge >= 0.3 is 0 Å². The second kappa shape index (κ2) is 7.97. The van der Waals surface area contributed by atoms with Gasteiger partial charge in [0.25, 0.3) is 0 Å². The fourth-order valence-electron chi connectivity index (χ4n) is 1.95. The first-order chi connectivity index (χ1) is 10.5.